The van der Waals surface area contributed by atoms with Gasteiger partial charge in [0.2, 0.25) is 11.7 Å². The smallest absolute Gasteiger partial charge is 0.306 e. The van der Waals surface area contributed by atoms with Crippen molar-refractivity contribution in [2.45, 2.75) is 128 Å². The number of benzene rings is 1. The Kier molecular flexibility index (Phi) is 9.57. The third kappa shape index (κ3) is 6.32. The number of carbonyl (C=O) groups excluding carboxylic acids is 4. The molecule has 1 aromatic rings. The molecule has 5 aliphatic rings. The maximum Gasteiger partial charge on any atom is 0.306 e. The molecule has 8 nitrogen and oxygen atoms in total. The highest BCUT2D eigenvalue weighted by atomic mass is 16.5. The Morgan fingerprint density at radius 1 is 0.938 bits per heavy atom. The first-order valence-electron chi connectivity index (χ1n) is 18.3. The van der Waals surface area contributed by atoms with Crippen LogP contribution in [0, 0.1) is 28.6 Å². The van der Waals surface area contributed by atoms with Gasteiger partial charge in [-0.05, 0) is 113 Å². The molecular formula is C40H55NO7. The van der Waals surface area contributed by atoms with E-state index in [0.717, 1.165) is 57.8 Å². The molecule has 1 unspecified atom stereocenters. The fraction of sp³-hybridized carbons (Fsp3) is 0.700. The number of allylic oxidation sites excluding steroid dienone is 1. The Labute approximate surface area is 285 Å². The Morgan fingerprint density at radius 3 is 2.44 bits per heavy atom. The van der Waals surface area contributed by atoms with E-state index < -0.39 is 29.4 Å². The van der Waals surface area contributed by atoms with E-state index in [1.54, 1.807) is 0 Å². The summed E-state index contributed by atoms with van der Waals surface area (Å²) in [4.78, 5) is 51.1. The van der Waals surface area contributed by atoms with Gasteiger partial charge in [0, 0.05) is 36.8 Å². The quantitative estimate of drug-likeness (QED) is 0.288. The van der Waals surface area contributed by atoms with Crippen LogP contribution in [-0.2, 0) is 34.1 Å². The minimum absolute atomic E-state index is 0.0200. The molecule has 48 heavy (non-hydrogen) atoms. The highest BCUT2D eigenvalue weighted by Gasteiger charge is 2.66. The lowest BCUT2D eigenvalue weighted by molar-refractivity contribution is -0.170. The van der Waals surface area contributed by atoms with Crippen LogP contribution in [0.5, 0.6) is 0 Å². The predicted octanol–water partition coefficient (Wildman–Crippen LogP) is 6.18. The number of fused-ring (bicyclic) bond motifs is 5. The monoisotopic (exact) mass is 661 g/mol. The Morgan fingerprint density at radius 2 is 1.69 bits per heavy atom. The molecule has 1 amide bonds. The SMILES string of the molecule is CC1(C)CC(CCNC(=O)CCC(=O)OCC(=O)[C@@]2(O)CC[C@H]3[C@@H]4CCC5=CC(=O)CC[C@]5(C)[C@H]4CC[C@@]32C)(c2ccccc2)CCO1. The molecule has 262 valence electrons. The second-order valence-corrected chi connectivity index (χ2v) is 16.7. The number of aliphatic hydroxyl groups is 1. The van der Waals surface area contributed by atoms with Crippen LogP contribution in [0.2, 0.25) is 0 Å². The summed E-state index contributed by atoms with van der Waals surface area (Å²) in [5.74, 6) is 0.0535. The van der Waals surface area contributed by atoms with Crippen LogP contribution in [0.3, 0.4) is 0 Å². The van der Waals surface area contributed by atoms with Crippen LogP contribution < -0.4 is 5.32 Å². The van der Waals surface area contributed by atoms with Gasteiger partial charge < -0.3 is 19.9 Å². The lowest BCUT2D eigenvalue weighted by Gasteiger charge is -2.58. The number of hydrogen-bond acceptors (Lipinski definition) is 7. The van der Waals surface area contributed by atoms with Gasteiger partial charge in [-0.2, -0.15) is 0 Å². The van der Waals surface area contributed by atoms with Gasteiger partial charge in [0.15, 0.2) is 12.4 Å². The summed E-state index contributed by atoms with van der Waals surface area (Å²) in [6.07, 6.45) is 10.5. The number of carbonyl (C=O) groups is 4. The van der Waals surface area contributed by atoms with E-state index in [4.69, 9.17) is 9.47 Å². The average molecular weight is 662 g/mol. The number of ketones is 2. The largest absolute Gasteiger partial charge is 0.458 e. The fourth-order valence-corrected chi connectivity index (χ4v) is 11.0. The Bertz CT molecular complexity index is 1450. The van der Waals surface area contributed by atoms with Gasteiger partial charge in [0.1, 0.15) is 5.60 Å². The van der Waals surface area contributed by atoms with E-state index in [2.05, 4.69) is 45.1 Å². The van der Waals surface area contributed by atoms with Crippen LogP contribution >= 0.6 is 0 Å². The third-order valence-corrected chi connectivity index (χ3v) is 13.6. The van der Waals surface area contributed by atoms with Crippen LogP contribution in [0.25, 0.3) is 0 Å². The molecule has 1 aromatic carbocycles. The standard InChI is InChI=1S/C40H55NO7/c1-36(2)26-39(21-23-48-36,27-8-6-5-7-9-27)20-22-41-34(44)12-13-35(45)47-25-33(43)40(46)19-16-32-30-11-10-28-24-29(42)14-17-37(28,3)31(30)15-18-38(32,40)4/h5-9,24,30-32,46H,10-23,25-26H2,1-4H3,(H,41,44)/t30-,31+,32+,37+,38+,39?,40+/m1/s1. The molecule has 1 heterocycles. The second kappa shape index (κ2) is 13.1. The number of rotatable bonds is 10. The maximum absolute atomic E-state index is 13.6. The highest BCUT2D eigenvalue weighted by Crippen LogP contribution is 2.67. The van der Waals surface area contributed by atoms with Crippen molar-refractivity contribution in [1.82, 2.24) is 5.32 Å². The van der Waals surface area contributed by atoms with Gasteiger partial charge in [-0.25, -0.2) is 0 Å². The van der Waals surface area contributed by atoms with E-state index in [9.17, 15) is 24.3 Å². The Balaban J connectivity index is 0.981. The molecule has 3 saturated carbocycles. The molecule has 4 aliphatic carbocycles. The van der Waals surface area contributed by atoms with Crippen molar-refractivity contribution in [3.63, 3.8) is 0 Å². The van der Waals surface area contributed by atoms with Crippen molar-refractivity contribution >= 4 is 23.4 Å². The number of nitrogens with one attached hydrogen (secondary N) is 1. The van der Waals surface area contributed by atoms with Crippen molar-refractivity contribution in [2.75, 3.05) is 19.8 Å². The molecule has 4 fully saturated rings. The van der Waals surface area contributed by atoms with E-state index >= 15 is 0 Å². The lowest BCUT2D eigenvalue weighted by Crippen LogP contribution is -2.58. The normalized spacial score (nSPS) is 37.0. The summed E-state index contributed by atoms with van der Waals surface area (Å²) in [7, 11) is 0. The predicted molar refractivity (Wildman–Crippen MR) is 182 cm³/mol. The summed E-state index contributed by atoms with van der Waals surface area (Å²) in [5, 5.41) is 14.9. The average Bonchev–Trinajstić information content (AvgIpc) is 3.34. The van der Waals surface area contributed by atoms with Crippen molar-refractivity contribution in [2.24, 2.45) is 28.6 Å². The first-order valence-corrected chi connectivity index (χ1v) is 18.3. The van der Waals surface area contributed by atoms with E-state index in [1.807, 2.05) is 24.3 Å². The Hall–Kier alpha value is -2.84. The van der Waals surface area contributed by atoms with Crippen LogP contribution in [0.4, 0.5) is 0 Å². The summed E-state index contributed by atoms with van der Waals surface area (Å²) in [6, 6.07) is 10.4. The number of amides is 1. The van der Waals surface area contributed by atoms with Crippen molar-refractivity contribution in [3.05, 3.63) is 47.5 Å². The van der Waals surface area contributed by atoms with Crippen LogP contribution in [0.15, 0.2) is 42.0 Å². The molecule has 1 saturated heterocycles. The van der Waals surface area contributed by atoms with Crippen molar-refractivity contribution in [1.29, 1.82) is 0 Å². The zero-order valence-corrected chi connectivity index (χ0v) is 29.4. The first kappa shape index (κ1) is 35.0. The molecule has 0 bridgehead atoms. The van der Waals surface area contributed by atoms with Gasteiger partial charge >= 0.3 is 5.97 Å². The van der Waals surface area contributed by atoms with Gasteiger partial charge in [0.25, 0.3) is 0 Å². The van der Waals surface area contributed by atoms with Crippen LogP contribution in [-0.4, -0.2) is 59.5 Å². The molecule has 6 rings (SSSR count). The summed E-state index contributed by atoms with van der Waals surface area (Å²) in [5.41, 5.74) is 0.112. The lowest BCUT2D eigenvalue weighted by atomic mass is 9.46. The van der Waals surface area contributed by atoms with Gasteiger partial charge in [-0.1, -0.05) is 49.8 Å². The fourth-order valence-electron chi connectivity index (χ4n) is 11.0. The number of hydrogen-bond donors (Lipinski definition) is 2. The number of esters is 1. The highest BCUT2D eigenvalue weighted by molar-refractivity contribution is 5.92. The van der Waals surface area contributed by atoms with E-state index in [1.165, 1.54) is 11.1 Å². The molecule has 1 aliphatic heterocycles. The number of ether oxygens (including phenoxy) is 2. The van der Waals surface area contributed by atoms with Crippen molar-refractivity contribution in [3.8, 4) is 0 Å². The minimum Gasteiger partial charge on any atom is -0.458 e. The summed E-state index contributed by atoms with van der Waals surface area (Å²) >= 11 is 0. The van der Waals surface area contributed by atoms with Crippen molar-refractivity contribution < 1.29 is 33.8 Å². The zero-order valence-electron chi connectivity index (χ0n) is 29.4. The zero-order chi connectivity index (χ0) is 34.4. The van der Waals surface area contributed by atoms with Gasteiger partial charge in [-0.3, -0.25) is 19.2 Å². The molecule has 0 spiro atoms. The third-order valence-electron chi connectivity index (χ3n) is 13.6. The van der Waals surface area contributed by atoms with Crippen LogP contribution in [0.1, 0.15) is 117 Å². The summed E-state index contributed by atoms with van der Waals surface area (Å²) < 4.78 is 11.4. The minimum atomic E-state index is -1.53. The van der Waals surface area contributed by atoms with Gasteiger partial charge in [-0.15, -0.1) is 0 Å². The second-order valence-electron chi connectivity index (χ2n) is 16.7. The van der Waals surface area contributed by atoms with E-state index in [0.29, 0.717) is 37.8 Å². The molecular weight excluding hydrogens is 606 g/mol. The topological polar surface area (TPSA) is 119 Å². The first-order chi connectivity index (χ1) is 22.7. The summed E-state index contributed by atoms with van der Waals surface area (Å²) in [6.45, 7) is 9.28. The number of Topliss-reactive ketones (excluding diaryl/α,β-unsaturated/α-hetero) is 1. The van der Waals surface area contributed by atoms with Gasteiger partial charge in [0.05, 0.1) is 12.0 Å². The molecule has 7 atom stereocenters. The molecule has 2 N–H and O–H groups in total. The molecule has 0 aromatic heterocycles. The molecule has 0 radical (unpaired) electrons. The molecule has 8 heteroatoms. The maximum atomic E-state index is 13.6. The van der Waals surface area contributed by atoms with E-state index in [-0.39, 0.29) is 46.9 Å².